The van der Waals surface area contributed by atoms with Crippen LogP contribution in [0.4, 0.5) is 5.69 Å². The highest BCUT2D eigenvalue weighted by atomic mass is 16.5. The number of aryl methyl sites for hydroxylation is 2. The van der Waals surface area contributed by atoms with E-state index in [1.165, 1.54) is 18.2 Å². The first-order chi connectivity index (χ1) is 9.61. The second kappa shape index (κ2) is 6.24. The summed E-state index contributed by atoms with van der Waals surface area (Å²) in [6.45, 7) is 4.77. The van der Waals surface area contributed by atoms with Gasteiger partial charge in [0.1, 0.15) is 0 Å². The fourth-order valence-corrected chi connectivity index (χ4v) is 2.03. The van der Waals surface area contributed by atoms with Crippen molar-refractivity contribution in [2.24, 2.45) is 0 Å². The molecule has 1 N–H and O–H groups in total. The maximum Gasteiger partial charge on any atom is 0.338 e. The number of carbonyl (C=O) groups excluding carboxylic acids is 1. The fraction of sp³-hybridized carbons (Fsp3) is 0.235. The van der Waals surface area contributed by atoms with Crippen LogP contribution in [0, 0.1) is 13.8 Å². The Morgan fingerprint density at radius 3 is 2.55 bits per heavy atom. The van der Waals surface area contributed by atoms with Crippen LogP contribution >= 0.6 is 0 Å². The predicted octanol–water partition coefficient (Wildman–Crippen LogP) is 3.70. The van der Waals surface area contributed by atoms with Crippen LogP contribution in [0.1, 0.15) is 27.0 Å². The van der Waals surface area contributed by atoms with E-state index < -0.39 is 0 Å². The first kappa shape index (κ1) is 14.1. The van der Waals surface area contributed by atoms with Crippen LogP contribution in [-0.2, 0) is 11.3 Å². The van der Waals surface area contributed by atoms with Crippen LogP contribution < -0.4 is 5.32 Å². The van der Waals surface area contributed by atoms with Gasteiger partial charge < -0.3 is 10.1 Å². The Morgan fingerprint density at radius 2 is 1.85 bits per heavy atom. The molecule has 0 heterocycles. The van der Waals surface area contributed by atoms with Crippen LogP contribution in [0.3, 0.4) is 0 Å². The predicted molar refractivity (Wildman–Crippen MR) is 81.0 cm³/mol. The molecule has 0 spiro atoms. The summed E-state index contributed by atoms with van der Waals surface area (Å²) in [5.41, 5.74) is 5.10. The molecule has 104 valence electrons. The highest BCUT2D eigenvalue weighted by Gasteiger charge is 2.10. The Bertz CT molecular complexity index is 620. The number of ether oxygens (including phenoxy) is 1. The quantitative estimate of drug-likeness (QED) is 0.860. The van der Waals surface area contributed by atoms with E-state index in [4.69, 9.17) is 4.74 Å². The zero-order valence-corrected chi connectivity index (χ0v) is 12.1. The summed E-state index contributed by atoms with van der Waals surface area (Å²) in [6.07, 6.45) is 0. The molecule has 0 atom stereocenters. The highest BCUT2D eigenvalue weighted by molar-refractivity contribution is 5.91. The van der Waals surface area contributed by atoms with Gasteiger partial charge >= 0.3 is 5.97 Å². The van der Waals surface area contributed by atoms with Crippen molar-refractivity contribution in [1.82, 2.24) is 0 Å². The number of methoxy groups -OCH3 is 1. The lowest BCUT2D eigenvalue weighted by Gasteiger charge is -2.11. The SMILES string of the molecule is COC(=O)c1ccccc1CNc1ccc(C)c(C)c1. The molecule has 0 aliphatic heterocycles. The molecule has 0 aliphatic carbocycles. The molecule has 3 heteroatoms. The van der Waals surface area contributed by atoms with Gasteiger partial charge in [-0.2, -0.15) is 0 Å². The van der Waals surface area contributed by atoms with E-state index in [2.05, 4.69) is 31.3 Å². The third-order valence-corrected chi connectivity index (χ3v) is 3.41. The lowest BCUT2D eigenvalue weighted by molar-refractivity contribution is 0.0599. The van der Waals surface area contributed by atoms with Crippen LogP contribution in [-0.4, -0.2) is 13.1 Å². The van der Waals surface area contributed by atoms with E-state index in [9.17, 15) is 4.79 Å². The van der Waals surface area contributed by atoms with Crippen LogP contribution in [0.5, 0.6) is 0 Å². The largest absolute Gasteiger partial charge is 0.465 e. The van der Waals surface area contributed by atoms with Crippen molar-refractivity contribution in [3.8, 4) is 0 Å². The Balaban J connectivity index is 2.14. The third-order valence-electron chi connectivity index (χ3n) is 3.41. The maximum atomic E-state index is 11.7. The minimum Gasteiger partial charge on any atom is -0.465 e. The molecule has 0 saturated heterocycles. The van der Waals surface area contributed by atoms with Crippen LogP contribution in [0.15, 0.2) is 42.5 Å². The zero-order valence-electron chi connectivity index (χ0n) is 12.1. The van der Waals surface area contributed by atoms with Gasteiger partial charge in [-0.1, -0.05) is 24.3 Å². The molecule has 0 aromatic heterocycles. The Morgan fingerprint density at radius 1 is 1.10 bits per heavy atom. The number of anilines is 1. The second-order valence-electron chi connectivity index (χ2n) is 4.80. The number of esters is 1. The molecule has 0 saturated carbocycles. The van der Waals surface area contributed by atoms with Gasteiger partial charge in [-0.15, -0.1) is 0 Å². The van der Waals surface area contributed by atoms with E-state index in [1.807, 2.05) is 24.3 Å². The minimum absolute atomic E-state index is 0.303. The number of hydrogen-bond donors (Lipinski definition) is 1. The van der Waals surface area contributed by atoms with E-state index in [-0.39, 0.29) is 5.97 Å². The molecule has 0 amide bonds. The van der Waals surface area contributed by atoms with Crippen molar-refractivity contribution in [3.63, 3.8) is 0 Å². The number of hydrogen-bond acceptors (Lipinski definition) is 3. The average molecular weight is 269 g/mol. The first-order valence-electron chi connectivity index (χ1n) is 6.59. The summed E-state index contributed by atoms with van der Waals surface area (Å²) in [7, 11) is 1.40. The number of nitrogens with one attached hydrogen (secondary N) is 1. The van der Waals surface area contributed by atoms with Gasteiger partial charge in [0, 0.05) is 12.2 Å². The first-order valence-corrected chi connectivity index (χ1v) is 6.59. The molecule has 2 rings (SSSR count). The molecule has 0 aliphatic rings. The van der Waals surface area contributed by atoms with Crippen molar-refractivity contribution in [2.75, 3.05) is 12.4 Å². The van der Waals surface area contributed by atoms with Gasteiger partial charge in [-0.05, 0) is 48.7 Å². The fourth-order valence-electron chi connectivity index (χ4n) is 2.03. The monoisotopic (exact) mass is 269 g/mol. The summed E-state index contributed by atoms with van der Waals surface area (Å²) in [6, 6.07) is 13.7. The van der Waals surface area contributed by atoms with Crippen molar-refractivity contribution in [3.05, 3.63) is 64.7 Å². The van der Waals surface area contributed by atoms with E-state index in [0.29, 0.717) is 12.1 Å². The molecule has 2 aromatic rings. The molecule has 0 fully saturated rings. The summed E-state index contributed by atoms with van der Waals surface area (Å²) in [5.74, 6) is -0.303. The van der Waals surface area contributed by atoms with Gasteiger partial charge in [0.05, 0.1) is 12.7 Å². The third kappa shape index (κ3) is 3.18. The summed E-state index contributed by atoms with van der Waals surface area (Å²) in [5, 5.41) is 3.34. The molecule has 0 radical (unpaired) electrons. The van der Waals surface area contributed by atoms with Gasteiger partial charge in [0.25, 0.3) is 0 Å². The smallest absolute Gasteiger partial charge is 0.338 e. The highest BCUT2D eigenvalue weighted by Crippen LogP contribution is 2.17. The van der Waals surface area contributed by atoms with Crippen LogP contribution in [0.2, 0.25) is 0 Å². The summed E-state index contributed by atoms with van der Waals surface area (Å²) < 4.78 is 4.80. The normalized spacial score (nSPS) is 10.2. The molecule has 20 heavy (non-hydrogen) atoms. The van der Waals surface area contributed by atoms with E-state index in [1.54, 1.807) is 6.07 Å². The summed E-state index contributed by atoms with van der Waals surface area (Å²) in [4.78, 5) is 11.7. The van der Waals surface area contributed by atoms with Gasteiger partial charge in [-0.3, -0.25) is 0 Å². The van der Waals surface area contributed by atoms with Crippen molar-refractivity contribution in [2.45, 2.75) is 20.4 Å². The topological polar surface area (TPSA) is 38.3 Å². The van der Waals surface area contributed by atoms with E-state index in [0.717, 1.165) is 11.3 Å². The van der Waals surface area contributed by atoms with E-state index >= 15 is 0 Å². The second-order valence-corrected chi connectivity index (χ2v) is 4.80. The molecule has 3 nitrogen and oxygen atoms in total. The van der Waals surface area contributed by atoms with Gasteiger partial charge in [0.15, 0.2) is 0 Å². The lowest BCUT2D eigenvalue weighted by Crippen LogP contribution is -2.09. The molecular weight excluding hydrogens is 250 g/mol. The van der Waals surface area contributed by atoms with Crippen LogP contribution in [0.25, 0.3) is 0 Å². The van der Waals surface area contributed by atoms with Crippen molar-refractivity contribution in [1.29, 1.82) is 0 Å². The Labute approximate surface area is 119 Å². The summed E-state index contributed by atoms with van der Waals surface area (Å²) >= 11 is 0. The Hall–Kier alpha value is -2.29. The molecular formula is C17H19NO2. The number of carbonyl (C=O) groups is 1. The molecule has 0 unspecified atom stereocenters. The van der Waals surface area contributed by atoms with Crippen molar-refractivity contribution < 1.29 is 9.53 Å². The Kier molecular flexibility index (Phi) is 4.41. The number of rotatable bonds is 4. The number of benzene rings is 2. The average Bonchev–Trinajstić information content (AvgIpc) is 2.48. The zero-order chi connectivity index (χ0) is 14.5. The minimum atomic E-state index is -0.303. The van der Waals surface area contributed by atoms with Gasteiger partial charge in [0.2, 0.25) is 0 Å². The van der Waals surface area contributed by atoms with Gasteiger partial charge in [-0.25, -0.2) is 4.79 Å². The standard InChI is InChI=1S/C17H19NO2/c1-12-8-9-15(10-13(12)2)18-11-14-6-4-5-7-16(14)17(19)20-3/h4-10,18H,11H2,1-3H3. The molecule has 0 bridgehead atoms. The maximum absolute atomic E-state index is 11.7. The molecule has 2 aromatic carbocycles. The lowest BCUT2D eigenvalue weighted by atomic mass is 10.1. The van der Waals surface area contributed by atoms with Crippen molar-refractivity contribution >= 4 is 11.7 Å².